The molecule has 0 saturated heterocycles. The van der Waals surface area contributed by atoms with Crippen LogP contribution in [-0.4, -0.2) is 65.3 Å². The normalized spacial score (nSPS) is 16.8. The molecule has 0 amide bonds. The molecule has 0 aliphatic rings. The minimum atomic E-state index is -8.92. The zero-order valence-corrected chi connectivity index (χ0v) is 12.8. The molecule has 0 radical (unpaired) electrons. The Labute approximate surface area is 150 Å². The van der Waals surface area contributed by atoms with Gasteiger partial charge in [0, 0.05) is 0 Å². The van der Waals surface area contributed by atoms with E-state index in [9.17, 15) is 83.4 Å². The van der Waals surface area contributed by atoms with Crippen molar-refractivity contribution in [3.63, 3.8) is 0 Å². The van der Waals surface area contributed by atoms with E-state index in [1.165, 1.54) is 0 Å². The van der Waals surface area contributed by atoms with E-state index in [-0.39, 0.29) is 0 Å². The molecule has 0 rings (SSSR count). The molecule has 0 aliphatic carbocycles. The quantitative estimate of drug-likeness (QED) is 0.408. The molecule has 1 N–H and O–H groups in total. The molecular weight excluding hydrogens is 497 g/mol. The first kappa shape index (κ1) is 28.6. The zero-order chi connectivity index (χ0) is 25.2. The van der Waals surface area contributed by atoms with Crippen molar-refractivity contribution in [1.29, 1.82) is 0 Å². The predicted octanol–water partition coefficient (Wildman–Crippen LogP) is 5.62. The Morgan fingerprint density at radius 2 is 0.567 bits per heavy atom. The van der Waals surface area contributed by atoms with E-state index >= 15 is 0 Å². The monoisotopic (exact) mass is 500 g/mol. The maximum Gasteiger partial charge on any atom is 0.423 e. The van der Waals surface area contributed by atoms with Gasteiger partial charge in [-0.3, -0.25) is 0 Å². The van der Waals surface area contributed by atoms with Crippen molar-refractivity contribution in [1.82, 2.24) is 0 Å². The van der Waals surface area contributed by atoms with Crippen molar-refractivity contribution in [2.45, 2.75) is 53.5 Å². The van der Waals surface area contributed by atoms with E-state index in [0.29, 0.717) is 0 Å². The molecule has 0 aliphatic heterocycles. The highest BCUT2D eigenvalue weighted by Gasteiger charge is 2.96. The van der Waals surface area contributed by atoms with Gasteiger partial charge in [-0.1, -0.05) is 0 Å². The molecular formula is C10H3F19O. The zero-order valence-electron chi connectivity index (χ0n) is 12.8. The molecule has 0 saturated carbocycles. The summed E-state index contributed by atoms with van der Waals surface area (Å²) in [6.07, 6.45) is -7.42. The van der Waals surface area contributed by atoms with E-state index < -0.39 is 60.2 Å². The third-order valence-electron chi connectivity index (χ3n) is 3.37. The highest BCUT2D eigenvalue weighted by Crippen LogP contribution is 2.64. The third-order valence-corrected chi connectivity index (χ3v) is 3.37. The Hall–Kier alpha value is -1.37. The summed E-state index contributed by atoms with van der Waals surface area (Å²) >= 11 is 0. The van der Waals surface area contributed by atoms with Crippen LogP contribution in [0.5, 0.6) is 0 Å². The van der Waals surface area contributed by atoms with Gasteiger partial charge in [0.1, 0.15) is 0 Å². The van der Waals surface area contributed by atoms with Crippen molar-refractivity contribution in [3.05, 3.63) is 0 Å². The van der Waals surface area contributed by atoms with Crippen molar-refractivity contribution in [2.24, 2.45) is 0 Å². The molecule has 0 aromatic rings. The predicted molar refractivity (Wildman–Crippen MR) is 52.7 cm³/mol. The smallest absolute Gasteiger partial charge is 0.331 e. The van der Waals surface area contributed by atoms with Crippen LogP contribution in [0.25, 0.3) is 0 Å². The van der Waals surface area contributed by atoms with Crippen molar-refractivity contribution in [3.8, 4) is 0 Å². The van der Waals surface area contributed by atoms with Gasteiger partial charge in [-0.2, -0.15) is 79.0 Å². The summed E-state index contributed by atoms with van der Waals surface area (Å²) in [6.45, 7) is -4.03. The van der Waals surface area contributed by atoms with Crippen LogP contribution in [0.1, 0.15) is 0 Å². The molecule has 182 valence electrons. The van der Waals surface area contributed by atoms with Gasteiger partial charge in [-0.25, -0.2) is 4.39 Å². The Kier molecular flexibility index (Phi) is 6.50. The molecule has 0 aromatic heterocycles. The molecule has 1 nitrogen and oxygen atoms in total. The number of hydrogen-bond donors (Lipinski definition) is 1. The summed E-state index contributed by atoms with van der Waals surface area (Å²) in [6, 6.07) is 0. The fourth-order valence-corrected chi connectivity index (χ4v) is 1.49. The lowest BCUT2D eigenvalue weighted by molar-refractivity contribution is -0.474. The first-order chi connectivity index (χ1) is 12.6. The Morgan fingerprint density at radius 1 is 0.367 bits per heavy atom. The summed E-state index contributed by atoms with van der Waals surface area (Å²) in [7, 11) is 0. The number of halogens is 19. The number of aliphatic hydroxyl groups is 1. The summed E-state index contributed by atoms with van der Waals surface area (Å²) < 4.78 is 242. The largest absolute Gasteiger partial charge is 0.423 e. The van der Waals surface area contributed by atoms with Crippen LogP contribution in [0, 0.1) is 0 Å². The van der Waals surface area contributed by atoms with Gasteiger partial charge in [-0.15, -0.1) is 0 Å². The maximum absolute atomic E-state index is 13.1. The minimum absolute atomic E-state index is 4.03. The molecule has 0 unspecified atom stereocenters. The third kappa shape index (κ3) is 3.23. The second-order valence-corrected chi connectivity index (χ2v) is 5.40. The van der Waals surface area contributed by atoms with Crippen LogP contribution in [0.15, 0.2) is 0 Å². The second-order valence-electron chi connectivity index (χ2n) is 5.40. The fourth-order valence-electron chi connectivity index (χ4n) is 1.49. The van der Waals surface area contributed by atoms with Gasteiger partial charge < -0.3 is 5.11 Å². The van der Waals surface area contributed by atoms with Crippen LogP contribution in [0.3, 0.4) is 0 Å². The van der Waals surface area contributed by atoms with Gasteiger partial charge in [0.05, 0.1) is 0 Å². The Bertz CT molecular complexity index is 628. The average Bonchev–Trinajstić information content (AvgIpc) is 2.52. The van der Waals surface area contributed by atoms with Crippen LogP contribution in [-0.2, 0) is 0 Å². The first-order valence-corrected chi connectivity index (χ1v) is 6.25. The van der Waals surface area contributed by atoms with Gasteiger partial charge >= 0.3 is 53.5 Å². The number of hydrogen-bond acceptors (Lipinski definition) is 1. The Balaban J connectivity index is 6.85. The second kappa shape index (κ2) is 6.81. The van der Waals surface area contributed by atoms with Crippen LogP contribution in [0.4, 0.5) is 83.4 Å². The first-order valence-electron chi connectivity index (χ1n) is 6.25. The topological polar surface area (TPSA) is 20.2 Å². The van der Waals surface area contributed by atoms with Crippen molar-refractivity contribution in [2.75, 3.05) is 6.67 Å². The highest BCUT2D eigenvalue weighted by atomic mass is 19.4. The number of alkyl halides is 19. The van der Waals surface area contributed by atoms with Gasteiger partial charge in [0.15, 0.2) is 6.67 Å². The van der Waals surface area contributed by atoms with E-state index in [2.05, 4.69) is 0 Å². The molecule has 0 bridgehead atoms. The lowest BCUT2D eigenvalue weighted by Crippen LogP contribution is -2.76. The van der Waals surface area contributed by atoms with Crippen molar-refractivity contribution < 1.29 is 88.5 Å². The minimum Gasteiger partial charge on any atom is -0.331 e. The standard InChI is InChI=1S/C10H3F19O/c11-1-2(12,13)3(14,15)4(16,17)5(18,19)6(20,21)7(22,23)8(24,25)9(26,27)10(28,29)30/h30H,1H2. The van der Waals surface area contributed by atoms with E-state index in [4.69, 9.17) is 5.11 Å². The highest BCUT2D eigenvalue weighted by molar-refractivity contribution is 5.16. The molecule has 0 heterocycles. The SMILES string of the molecule is OC(F)(F)C(F)(F)C(F)(F)C(F)(F)C(F)(F)C(F)(F)C(F)(F)C(F)(F)C(F)(F)CF. The van der Waals surface area contributed by atoms with Crippen LogP contribution >= 0.6 is 0 Å². The molecule has 20 heteroatoms. The number of rotatable bonds is 9. The average molecular weight is 500 g/mol. The van der Waals surface area contributed by atoms with Gasteiger partial charge in [0.2, 0.25) is 0 Å². The lowest BCUT2D eigenvalue weighted by atomic mass is 9.87. The van der Waals surface area contributed by atoms with Gasteiger partial charge in [-0.05, 0) is 0 Å². The molecule has 30 heavy (non-hydrogen) atoms. The Morgan fingerprint density at radius 3 is 0.767 bits per heavy atom. The summed E-state index contributed by atoms with van der Waals surface area (Å²) in [5.41, 5.74) is 0. The van der Waals surface area contributed by atoms with E-state index in [0.717, 1.165) is 0 Å². The van der Waals surface area contributed by atoms with E-state index in [1.807, 2.05) is 0 Å². The fraction of sp³-hybridized carbons (Fsp3) is 1.00. The summed E-state index contributed by atoms with van der Waals surface area (Å²) in [5, 5.41) is 7.40. The molecule has 0 spiro atoms. The van der Waals surface area contributed by atoms with Gasteiger partial charge in [0.25, 0.3) is 0 Å². The molecule has 0 aromatic carbocycles. The lowest BCUT2D eigenvalue weighted by Gasteiger charge is -2.43. The van der Waals surface area contributed by atoms with Crippen molar-refractivity contribution >= 4 is 0 Å². The van der Waals surface area contributed by atoms with Crippen LogP contribution in [0.2, 0.25) is 0 Å². The van der Waals surface area contributed by atoms with Crippen LogP contribution < -0.4 is 0 Å². The summed E-state index contributed by atoms with van der Waals surface area (Å²) in [4.78, 5) is 0. The maximum atomic E-state index is 13.1. The molecule has 0 atom stereocenters. The van der Waals surface area contributed by atoms with E-state index in [1.54, 1.807) is 0 Å². The summed E-state index contributed by atoms with van der Waals surface area (Å²) in [5.74, 6) is -67.0. The molecule has 0 fully saturated rings.